The minimum atomic E-state index is 0.610. The SMILES string of the molecule is CCC(C)N(C)CCNc1ncc2ccccc2n1. The second kappa shape index (κ2) is 6.48. The first kappa shape index (κ1) is 13.7. The van der Waals surface area contributed by atoms with E-state index in [0.29, 0.717) is 12.0 Å². The number of nitrogens with one attached hydrogen (secondary N) is 1. The molecule has 0 spiro atoms. The predicted molar refractivity (Wildman–Crippen MR) is 80.4 cm³/mol. The summed E-state index contributed by atoms with van der Waals surface area (Å²) in [5, 5.41) is 4.36. The maximum absolute atomic E-state index is 4.50. The highest BCUT2D eigenvalue weighted by molar-refractivity contribution is 5.78. The van der Waals surface area contributed by atoms with Crippen LogP contribution in [0.3, 0.4) is 0 Å². The Morgan fingerprint density at radius 2 is 2.11 bits per heavy atom. The van der Waals surface area contributed by atoms with E-state index in [2.05, 4.69) is 41.1 Å². The van der Waals surface area contributed by atoms with Crippen molar-refractivity contribution in [2.45, 2.75) is 26.3 Å². The Balaban J connectivity index is 1.91. The van der Waals surface area contributed by atoms with Gasteiger partial charge in [0.05, 0.1) is 5.52 Å². The molecule has 1 N–H and O–H groups in total. The zero-order valence-corrected chi connectivity index (χ0v) is 11.9. The maximum Gasteiger partial charge on any atom is 0.223 e. The van der Waals surface area contributed by atoms with E-state index < -0.39 is 0 Å². The van der Waals surface area contributed by atoms with E-state index >= 15 is 0 Å². The lowest BCUT2D eigenvalue weighted by molar-refractivity contribution is 0.261. The number of hydrogen-bond acceptors (Lipinski definition) is 4. The minimum absolute atomic E-state index is 0.610. The summed E-state index contributed by atoms with van der Waals surface area (Å²) in [7, 11) is 2.15. The van der Waals surface area contributed by atoms with Crippen LogP contribution >= 0.6 is 0 Å². The van der Waals surface area contributed by atoms with E-state index in [4.69, 9.17) is 0 Å². The number of fused-ring (bicyclic) bond motifs is 1. The monoisotopic (exact) mass is 258 g/mol. The number of aromatic nitrogens is 2. The molecular weight excluding hydrogens is 236 g/mol. The van der Waals surface area contributed by atoms with Gasteiger partial charge in [0, 0.05) is 30.7 Å². The molecule has 4 heteroatoms. The lowest BCUT2D eigenvalue weighted by Crippen LogP contribution is -2.32. The molecular formula is C15H22N4. The Morgan fingerprint density at radius 1 is 1.32 bits per heavy atom. The molecule has 2 aromatic rings. The molecule has 1 heterocycles. The maximum atomic E-state index is 4.50. The van der Waals surface area contributed by atoms with Crippen LogP contribution in [0.1, 0.15) is 20.3 Å². The molecule has 0 aliphatic rings. The van der Waals surface area contributed by atoms with Crippen LogP contribution in [-0.4, -0.2) is 41.0 Å². The molecule has 0 amide bonds. The molecule has 19 heavy (non-hydrogen) atoms. The molecule has 2 rings (SSSR count). The highest BCUT2D eigenvalue weighted by atomic mass is 15.2. The highest BCUT2D eigenvalue weighted by Gasteiger charge is 2.06. The normalized spacial score (nSPS) is 12.8. The van der Waals surface area contributed by atoms with Gasteiger partial charge in [0.2, 0.25) is 5.95 Å². The molecule has 1 aromatic heterocycles. The summed E-state index contributed by atoms with van der Waals surface area (Å²) in [4.78, 5) is 11.2. The van der Waals surface area contributed by atoms with Crippen LogP contribution in [-0.2, 0) is 0 Å². The summed E-state index contributed by atoms with van der Waals surface area (Å²) in [5.41, 5.74) is 0.982. The zero-order chi connectivity index (χ0) is 13.7. The number of anilines is 1. The van der Waals surface area contributed by atoms with Gasteiger partial charge in [-0.1, -0.05) is 25.1 Å². The first-order valence-electron chi connectivity index (χ1n) is 6.86. The largest absolute Gasteiger partial charge is 0.353 e. The lowest BCUT2D eigenvalue weighted by Gasteiger charge is -2.23. The second-order valence-electron chi connectivity index (χ2n) is 4.92. The Bertz CT molecular complexity index is 526. The van der Waals surface area contributed by atoms with Crippen molar-refractivity contribution in [2.75, 3.05) is 25.5 Å². The summed E-state index contributed by atoms with van der Waals surface area (Å²) in [6.45, 7) is 6.30. The van der Waals surface area contributed by atoms with Gasteiger partial charge >= 0.3 is 0 Å². The van der Waals surface area contributed by atoms with Crippen molar-refractivity contribution in [1.82, 2.24) is 14.9 Å². The van der Waals surface area contributed by atoms with E-state index in [-0.39, 0.29) is 0 Å². The minimum Gasteiger partial charge on any atom is -0.353 e. The van der Waals surface area contributed by atoms with Gasteiger partial charge in [0.1, 0.15) is 0 Å². The number of nitrogens with zero attached hydrogens (tertiary/aromatic N) is 3. The molecule has 102 valence electrons. The predicted octanol–water partition coefficient (Wildman–Crippen LogP) is 2.77. The van der Waals surface area contributed by atoms with Crippen molar-refractivity contribution in [3.05, 3.63) is 30.5 Å². The number of para-hydroxylation sites is 1. The fourth-order valence-corrected chi connectivity index (χ4v) is 1.93. The number of likely N-dealkylation sites (N-methyl/N-ethyl adjacent to an activating group) is 1. The molecule has 0 bridgehead atoms. The Kier molecular flexibility index (Phi) is 4.68. The summed E-state index contributed by atoms with van der Waals surface area (Å²) in [5.74, 6) is 0.705. The van der Waals surface area contributed by atoms with E-state index in [0.717, 1.165) is 24.0 Å². The van der Waals surface area contributed by atoms with Gasteiger partial charge in [0.25, 0.3) is 0 Å². The van der Waals surface area contributed by atoms with E-state index in [1.165, 1.54) is 6.42 Å². The van der Waals surface area contributed by atoms with Crippen LogP contribution in [0, 0.1) is 0 Å². The summed E-state index contributed by atoms with van der Waals surface area (Å²) < 4.78 is 0. The third-order valence-corrected chi connectivity index (χ3v) is 3.58. The van der Waals surface area contributed by atoms with E-state index in [1.54, 1.807) is 0 Å². The van der Waals surface area contributed by atoms with E-state index in [1.807, 2.05) is 30.5 Å². The molecule has 1 atom stereocenters. The summed E-state index contributed by atoms with van der Waals surface area (Å²) in [6, 6.07) is 8.64. The Morgan fingerprint density at radius 3 is 2.89 bits per heavy atom. The van der Waals surface area contributed by atoms with E-state index in [9.17, 15) is 0 Å². The van der Waals surface area contributed by atoms with Crippen molar-refractivity contribution >= 4 is 16.9 Å². The van der Waals surface area contributed by atoms with Gasteiger partial charge in [-0.15, -0.1) is 0 Å². The lowest BCUT2D eigenvalue weighted by atomic mass is 10.2. The number of benzene rings is 1. The van der Waals surface area contributed by atoms with Crippen molar-refractivity contribution in [1.29, 1.82) is 0 Å². The molecule has 0 aliphatic carbocycles. The Hall–Kier alpha value is -1.68. The van der Waals surface area contributed by atoms with Crippen LogP contribution in [0.25, 0.3) is 10.9 Å². The molecule has 0 fully saturated rings. The van der Waals surface area contributed by atoms with Crippen LogP contribution in [0.2, 0.25) is 0 Å². The summed E-state index contributed by atoms with van der Waals surface area (Å²) in [6.07, 6.45) is 3.03. The molecule has 0 saturated carbocycles. The molecule has 0 aliphatic heterocycles. The number of rotatable bonds is 6. The smallest absolute Gasteiger partial charge is 0.223 e. The third kappa shape index (κ3) is 3.64. The second-order valence-corrected chi connectivity index (χ2v) is 4.92. The van der Waals surface area contributed by atoms with Crippen molar-refractivity contribution in [3.8, 4) is 0 Å². The molecule has 0 radical (unpaired) electrons. The van der Waals surface area contributed by atoms with Gasteiger partial charge < -0.3 is 10.2 Å². The first-order valence-corrected chi connectivity index (χ1v) is 6.86. The quantitative estimate of drug-likeness (QED) is 0.865. The average molecular weight is 258 g/mol. The van der Waals surface area contributed by atoms with Crippen LogP contribution in [0.15, 0.2) is 30.5 Å². The molecule has 0 saturated heterocycles. The highest BCUT2D eigenvalue weighted by Crippen LogP contribution is 2.11. The van der Waals surface area contributed by atoms with Crippen molar-refractivity contribution in [3.63, 3.8) is 0 Å². The van der Waals surface area contributed by atoms with Crippen LogP contribution in [0.5, 0.6) is 0 Å². The fourth-order valence-electron chi connectivity index (χ4n) is 1.93. The topological polar surface area (TPSA) is 41.0 Å². The van der Waals surface area contributed by atoms with Gasteiger partial charge in [-0.2, -0.15) is 0 Å². The number of hydrogen-bond donors (Lipinski definition) is 1. The van der Waals surface area contributed by atoms with Gasteiger partial charge in [0.15, 0.2) is 0 Å². The molecule has 1 unspecified atom stereocenters. The van der Waals surface area contributed by atoms with Crippen molar-refractivity contribution < 1.29 is 0 Å². The van der Waals surface area contributed by atoms with Crippen LogP contribution in [0.4, 0.5) is 5.95 Å². The van der Waals surface area contributed by atoms with Gasteiger partial charge in [-0.05, 0) is 26.5 Å². The summed E-state index contributed by atoms with van der Waals surface area (Å²) >= 11 is 0. The zero-order valence-electron chi connectivity index (χ0n) is 11.9. The van der Waals surface area contributed by atoms with Gasteiger partial charge in [-0.25, -0.2) is 9.97 Å². The van der Waals surface area contributed by atoms with Crippen LogP contribution < -0.4 is 5.32 Å². The third-order valence-electron chi connectivity index (χ3n) is 3.58. The first-order chi connectivity index (χ1) is 9.20. The molecule has 1 aromatic carbocycles. The molecule has 4 nitrogen and oxygen atoms in total. The van der Waals surface area contributed by atoms with Crippen molar-refractivity contribution in [2.24, 2.45) is 0 Å². The Labute approximate surface area is 114 Å². The fraction of sp³-hybridized carbons (Fsp3) is 0.467. The van der Waals surface area contributed by atoms with Gasteiger partial charge in [-0.3, -0.25) is 0 Å². The standard InChI is InChI=1S/C15H22N4/c1-4-12(2)19(3)10-9-16-15-17-11-13-7-5-6-8-14(13)18-15/h5-8,11-12H,4,9-10H2,1-3H3,(H,16,17,18). The average Bonchev–Trinajstić information content (AvgIpc) is 2.46.